The molecule has 0 spiro atoms. The Balaban J connectivity index is 2.69. The zero-order chi connectivity index (χ0) is 11.3. The van der Waals surface area contributed by atoms with Crippen LogP contribution in [0.5, 0.6) is 0 Å². The van der Waals surface area contributed by atoms with Gasteiger partial charge in [-0.05, 0) is 12.1 Å². The molecule has 15 heavy (non-hydrogen) atoms. The van der Waals surface area contributed by atoms with Crippen molar-refractivity contribution in [1.82, 2.24) is 4.98 Å². The average Bonchev–Trinajstić information content (AvgIpc) is 2.25. The Morgan fingerprint density at radius 1 is 1.60 bits per heavy atom. The molecular formula is C9H10ClN3O2. The van der Waals surface area contributed by atoms with Gasteiger partial charge in [-0.3, -0.25) is 0 Å². The minimum atomic E-state index is -0.865. The number of aliphatic hydroxyl groups is 2. The number of rotatable bonds is 4. The standard InChI is InChI=1S/C9H10ClN3O2/c10-8-1-6(3-11)2-9(13-8)12-4-7(15)5-14/h1-2,7,14-15H,4-5H2,(H,12,13). The first-order valence-corrected chi connectivity index (χ1v) is 4.64. The van der Waals surface area contributed by atoms with E-state index in [9.17, 15) is 0 Å². The summed E-state index contributed by atoms with van der Waals surface area (Å²) in [6.07, 6.45) is -0.865. The number of nitrogens with one attached hydrogen (secondary N) is 1. The number of pyridine rings is 1. The van der Waals surface area contributed by atoms with Crippen molar-refractivity contribution in [1.29, 1.82) is 5.26 Å². The summed E-state index contributed by atoms with van der Waals surface area (Å²) < 4.78 is 0. The van der Waals surface area contributed by atoms with E-state index < -0.39 is 6.10 Å². The largest absolute Gasteiger partial charge is 0.394 e. The Kier molecular flexibility index (Phi) is 4.31. The van der Waals surface area contributed by atoms with E-state index >= 15 is 0 Å². The number of nitriles is 1. The highest BCUT2D eigenvalue weighted by Gasteiger charge is 2.04. The molecule has 3 N–H and O–H groups in total. The third kappa shape index (κ3) is 3.72. The van der Waals surface area contributed by atoms with Crippen LogP contribution >= 0.6 is 11.6 Å². The van der Waals surface area contributed by atoms with E-state index in [0.29, 0.717) is 11.4 Å². The number of halogens is 1. The summed E-state index contributed by atoms with van der Waals surface area (Å²) in [5, 5.41) is 29.3. The summed E-state index contributed by atoms with van der Waals surface area (Å²) in [4.78, 5) is 3.90. The second kappa shape index (κ2) is 5.51. The van der Waals surface area contributed by atoms with Gasteiger partial charge in [0.25, 0.3) is 0 Å². The zero-order valence-corrected chi connectivity index (χ0v) is 8.57. The highest BCUT2D eigenvalue weighted by Crippen LogP contribution is 2.13. The van der Waals surface area contributed by atoms with Crippen molar-refractivity contribution in [3.8, 4) is 6.07 Å². The minimum Gasteiger partial charge on any atom is -0.394 e. The molecule has 1 heterocycles. The fraction of sp³-hybridized carbons (Fsp3) is 0.333. The molecule has 6 heteroatoms. The van der Waals surface area contributed by atoms with E-state index in [0.717, 1.165) is 0 Å². The topological polar surface area (TPSA) is 89.2 Å². The molecule has 1 aromatic rings. The number of aliphatic hydroxyl groups excluding tert-OH is 2. The Morgan fingerprint density at radius 3 is 2.93 bits per heavy atom. The third-order valence-electron chi connectivity index (χ3n) is 1.65. The van der Waals surface area contributed by atoms with Crippen LogP contribution in [0.4, 0.5) is 5.82 Å². The van der Waals surface area contributed by atoms with Crippen LogP contribution in [0.1, 0.15) is 5.56 Å². The molecule has 0 saturated heterocycles. The fourth-order valence-corrected chi connectivity index (χ4v) is 1.15. The summed E-state index contributed by atoms with van der Waals surface area (Å²) >= 11 is 5.66. The molecule has 0 bridgehead atoms. The third-order valence-corrected chi connectivity index (χ3v) is 1.85. The molecule has 0 fully saturated rings. The zero-order valence-electron chi connectivity index (χ0n) is 7.81. The van der Waals surface area contributed by atoms with Crippen LogP contribution in [0, 0.1) is 11.3 Å². The molecule has 5 nitrogen and oxygen atoms in total. The normalized spacial score (nSPS) is 11.9. The van der Waals surface area contributed by atoms with Crippen LogP contribution in [0.2, 0.25) is 5.15 Å². The van der Waals surface area contributed by atoms with E-state index in [1.165, 1.54) is 12.1 Å². The number of hydrogen-bond donors (Lipinski definition) is 3. The van der Waals surface area contributed by atoms with Gasteiger partial charge >= 0.3 is 0 Å². The first-order valence-electron chi connectivity index (χ1n) is 4.26. The minimum absolute atomic E-state index is 0.148. The molecule has 0 aliphatic carbocycles. The van der Waals surface area contributed by atoms with Crippen LogP contribution in [0.3, 0.4) is 0 Å². The predicted octanol–water partition coefficient (Wildman–Crippen LogP) is 0.372. The molecule has 0 aliphatic heterocycles. The van der Waals surface area contributed by atoms with Gasteiger partial charge in [-0.2, -0.15) is 5.26 Å². The summed E-state index contributed by atoms with van der Waals surface area (Å²) in [5.74, 6) is 0.395. The number of hydrogen-bond acceptors (Lipinski definition) is 5. The van der Waals surface area contributed by atoms with Crippen molar-refractivity contribution in [3.63, 3.8) is 0 Å². The van der Waals surface area contributed by atoms with E-state index in [1.807, 2.05) is 6.07 Å². The summed E-state index contributed by atoms with van der Waals surface area (Å²) in [6.45, 7) is -0.187. The van der Waals surface area contributed by atoms with Gasteiger partial charge in [-0.15, -0.1) is 0 Å². The predicted molar refractivity (Wildman–Crippen MR) is 55.5 cm³/mol. The van der Waals surface area contributed by atoms with E-state index in [4.69, 9.17) is 27.1 Å². The molecule has 1 rings (SSSR count). The lowest BCUT2D eigenvalue weighted by Gasteiger charge is -2.09. The van der Waals surface area contributed by atoms with Crippen molar-refractivity contribution in [2.24, 2.45) is 0 Å². The maximum Gasteiger partial charge on any atom is 0.132 e. The highest BCUT2D eigenvalue weighted by atomic mass is 35.5. The van der Waals surface area contributed by atoms with Crippen LogP contribution < -0.4 is 5.32 Å². The number of nitrogens with zero attached hydrogens (tertiary/aromatic N) is 2. The highest BCUT2D eigenvalue weighted by molar-refractivity contribution is 6.29. The van der Waals surface area contributed by atoms with Crippen LogP contribution in [0.15, 0.2) is 12.1 Å². The first-order chi connectivity index (χ1) is 7.15. The number of anilines is 1. The van der Waals surface area contributed by atoms with Crippen molar-refractivity contribution < 1.29 is 10.2 Å². The molecule has 0 aromatic carbocycles. The summed E-state index contributed by atoms with van der Waals surface area (Å²) in [5.41, 5.74) is 0.385. The van der Waals surface area contributed by atoms with E-state index in [2.05, 4.69) is 10.3 Å². The van der Waals surface area contributed by atoms with Crippen LogP contribution in [0.25, 0.3) is 0 Å². The SMILES string of the molecule is N#Cc1cc(Cl)nc(NCC(O)CO)c1. The van der Waals surface area contributed by atoms with Gasteiger partial charge in [0.1, 0.15) is 11.0 Å². The Hall–Kier alpha value is -1.35. The molecule has 0 aliphatic rings. The molecular weight excluding hydrogens is 218 g/mol. The van der Waals surface area contributed by atoms with Crippen molar-refractivity contribution >= 4 is 17.4 Å². The van der Waals surface area contributed by atoms with Crippen LogP contribution in [-0.2, 0) is 0 Å². The summed E-state index contributed by atoms with van der Waals surface area (Å²) in [6, 6.07) is 4.88. The smallest absolute Gasteiger partial charge is 0.132 e. The Labute approximate surface area is 91.9 Å². The van der Waals surface area contributed by atoms with Gasteiger partial charge in [0.15, 0.2) is 0 Å². The van der Waals surface area contributed by atoms with Gasteiger partial charge in [0, 0.05) is 6.54 Å². The van der Waals surface area contributed by atoms with Crippen molar-refractivity contribution in [3.05, 3.63) is 22.8 Å². The molecule has 0 amide bonds. The van der Waals surface area contributed by atoms with Gasteiger partial charge in [0.2, 0.25) is 0 Å². The Morgan fingerprint density at radius 2 is 2.33 bits per heavy atom. The molecule has 0 radical (unpaired) electrons. The maximum atomic E-state index is 9.08. The van der Waals surface area contributed by atoms with Gasteiger partial charge in [-0.25, -0.2) is 4.98 Å². The quantitative estimate of drug-likeness (QED) is 0.647. The van der Waals surface area contributed by atoms with Gasteiger partial charge < -0.3 is 15.5 Å². The van der Waals surface area contributed by atoms with Crippen LogP contribution in [-0.4, -0.2) is 34.5 Å². The molecule has 1 atom stereocenters. The lowest BCUT2D eigenvalue weighted by atomic mass is 10.3. The lowest BCUT2D eigenvalue weighted by Crippen LogP contribution is -2.23. The molecule has 1 unspecified atom stereocenters. The summed E-state index contributed by atoms with van der Waals surface area (Å²) in [7, 11) is 0. The van der Waals surface area contributed by atoms with Crippen molar-refractivity contribution in [2.45, 2.75) is 6.10 Å². The molecule has 80 valence electrons. The second-order valence-electron chi connectivity index (χ2n) is 2.89. The first kappa shape index (κ1) is 11.7. The monoisotopic (exact) mass is 227 g/mol. The van der Waals surface area contributed by atoms with E-state index in [-0.39, 0.29) is 18.3 Å². The Bertz CT molecular complexity index is 378. The maximum absolute atomic E-state index is 9.08. The van der Waals surface area contributed by atoms with E-state index in [1.54, 1.807) is 0 Å². The number of aromatic nitrogens is 1. The molecule has 0 saturated carbocycles. The average molecular weight is 228 g/mol. The van der Waals surface area contributed by atoms with Crippen molar-refractivity contribution in [2.75, 3.05) is 18.5 Å². The second-order valence-corrected chi connectivity index (χ2v) is 3.28. The van der Waals surface area contributed by atoms with Gasteiger partial charge in [0.05, 0.1) is 24.3 Å². The van der Waals surface area contributed by atoms with Gasteiger partial charge in [-0.1, -0.05) is 11.6 Å². The fourth-order valence-electron chi connectivity index (χ4n) is 0.939. The molecule has 1 aromatic heterocycles. The lowest BCUT2D eigenvalue weighted by molar-refractivity contribution is 0.105.